The topological polar surface area (TPSA) is 38.7 Å². The third-order valence-electron chi connectivity index (χ3n) is 4.04. The second-order valence-corrected chi connectivity index (χ2v) is 4.92. The number of rotatable bonds is 1. The van der Waals surface area contributed by atoms with Crippen molar-refractivity contribution in [3.05, 3.63) is 0 Å². The van der Waals surface area contributed by atoms with Crippen molar-refractivity contribution < 1.29 is 14.6 Å². The van der Waals surface area contributed by atoms with Crippen molar-refractivity contribution in [1.29, 1.82) is 0 Å². The van der Waals surface area contributed by atoms with Gasteiger partial charge in [0.2, 0.25) is 0 Å². The summed E-state index contributed by atoms with van der Waals surface area (Å²) < 4.78 is 11.4. The zero-order chi connectivity index (χ0) is 9.71. The van der Waals surface area contributed by atoms with E-state index in [1.54, 1.807) is 0 Å². The number of fused-ring (bicyclic) bond motifs is 4. The molecule has 4 fully saturated rings. The first-order chi connectivity index (χ1) is 6.79. The average molecular weight is 198 g/mol. The zero-order valence-corrected chi connectivity index (χ0v) is 8.56. The van der Waals surface area contributed by atoms with Gasteiger partial charge in [-0.15, -0.1) is 0 Å². The molecule has 0 spiro atoms. The zero-order valence-electron chi connectivity index (χ0n) is 8.56. The Hall–Kier alpha value is -0.120. The summed E-state index contributed by atoms with van der Waals surface area (Å²) in [6, 6.07) is 0. The lowest BCUT2D eigenvalue weighted by Gasteiger charge is -2.17. The van der Waals surface area contributed by atoms with Gasteiger partial charge in [-0.25, -0.2) is 0 Å². The Kier molecular flexibility index (Phi) is 2.08. The molecule has 14 heavy (non-hydrogen) atoms. The lowest BCUT2D eigenvalue weighted by molar-refractivity contribution is -0.138. The molecular formula is C11H18O3. The van der Waals surface area contributed by atoms with E-state index in [1.165, 1.54) is 0 Å². The molecule has 1 saturated carbocycles. The highest BCUT2D eigenvalue weighted by molar-refractivity contribution is 5.07. The lowest BCUT2D eigenvalue weighted by atomic mass is 9.96. The van der Waals surface area contributed by atoms with Gasteiger partial charge in [0.25, 0.3) is 0 Å². The van der Waals surface area contributed by atoms with Crippen LogP contribution >= 0.6 is 0 Å². The van der Waals surface area contributed by atoms with Crippen LogP contribution < -0.4 is 0 Å². The van der Waals surface area contributed by atoms with Crippen molar-refractivity contribution >= 4 is 0 Å². The summed E-state index contributed by atoms with van der Waals surface area (Å²) in [7, 11) is 0. The SMILES string of the molecule is CC[C@H]1CO[C@H]2CC3C(O2)C3C(O)C1. The molecule has 3 aliphatic heterocycles. The van der Waals surface area contributed by atoms with E-state index in [0.29, 0.717) is 23.9 Å². The van der Waals surface area contributed by atoms with Gasteiger partial charge >= 0.3 is 0 Å². The minimum atomic E-state index is -0.155. The second kappa shape index (κ2) is 3.19. The van der Waals surface area contributed by atoms with Gasteiger partial charge < -0.3 is 14.6 Å². The van der Waals surface area contributed by atoms with Crippen LogP contribution in [0.3, 0.4) is 0 Å². The van der Waals surface area contributed by atoms with Gasteiger partial charge in [-0.1, -0.05) is 13.3 Å². The van der Waals surface area contributed by atoms with Crippen molar-refractivity contribution in [1.82, 2.24) is 0 Å². The number of aliphatic hydroxyl groups is 1. The van der Waals surface area contributed by atoms with Crippen molar-refractivity contribution in [3.63, 3.8) is 0 Å². The Bertz CT molecular complexity index is 219. The molecule has 4 rings (SSSR count). The van der Waals surface area contributed by atoms with Crippen LogP contribution in [0.25, 0.3) is 0 Å². The van der Waals surface area contributed by atoms with Crippen molar-refractivity contribution in [2.45, 2.75) is 44.7 Å². The van der Waals surface area contributed by atoms with Crippen LogP contribution in [0.5, 0.6) is 0 Å². The van der Waals surface area contributed by atoms with Crippen LogP contribution in [-0.2, 0) is 9.47 Å². The normalized spacial score (nSPS) is 56.1. The summed E-state index contributed by atoms with van der Waals surface area (Å²) in [5.41, 5.74) is 0. The summed E-state index contributed by atoms with van der Waals surface area (Å²) in [5.74, 6) is 1.52. The predicted octanol–water partition coefficient (Wildman–Crippen LogP) is 1.15. The molecule has 4 bridgehead atoms. The molecule has 80 valence electrons. The highest BCUT2D eigenvalue weighted by Gasteiger charge is 2.61. The molecular weight excluding hydrogens is 180 g/mol. The molecule has 4 unspecified atom stereocenters. The van der Waals surface area contributed by atoms with Gasteiger partial charge in [-0.2, -0.15) is 0 Å². The smallest absolute Gasteiger partial charge is 0.158 e. The fourth-order valence-corrected chi connectivity index (χ4v) is 3.01. The molecule has 3 nitrogen and oxygen atoms in total. The first-order valence-electron chi connectivity index (χ1n) is 5.74. The van der Waals surface area contributed by atoms with Crippen LogP contribution in [0.2, 0.25) is 0 Å². The van der Waals surface area contributed by atoms with E-state index in [0.717, 1.165) is 25.9 Å². The minimum absolute atomic E-state index is 0.0283. The van der Waals surface area contributed by atoms with Crippen LogP contribution in [0.1, 0.15) is 26.2 Å². The van der Waals surface area contributed by atoms with Crippen LogP contribution in [0.4, 0.5) is 0 Å². The molecule has 1 aliphatic carbocycles. The molecule has 3 saturated heterocycles. The predicted molar refractivity (Wildman–Crippen MR) is 50.6 cm³/mol. The standard InChI is InChI=1S/C11H18O3/c1-2-6-3-8(12)10-7-4-9(13-5-6)14-11(7)10/h6-12H,2-5H2,1H3/t6-,7?,8?,9-,10?,11?/m1/s1. The van der Waals surface area contributed by atoms with Crippen LogP contribution in [0.15, 0.2) is 0 Å². The van der Waals surface area contributed by atoms with E-state index in [-0.39, 0.29) is 12.4 Å². The van der Waals surface area contributed by atoms with Crippen LogP contribution in [-0.4, -0.2) is 30.2 Å². The summed E-state index contributed by atoms with van der Waals surface area (Å²) in [4.78, 5) is 0. The maximum absolute atomic E-state index is 10.0. The first kappa shape index (κ1) is 9.13. The van der Waals surface area contributed by atoms with Gasteiger partial charge in [0.1, 0.15) is 0 Å². The highest BCUT2D eigenvalue weighted by atomic mass is 16.7. The van der Waals surface area contributed by atoms with Gasteiger partial charge in [0.05, 0.1) is 18.8 Å². The lowest BCUT2D eigenvalue weighted by Crippen LogP contribution is -2.19. The maximum Gasteiger partial charge on any atom is 0.158 e. The van der Waals surface area contributed by atoms with E-state index in [9.17, 15) is 5.11 Å². The van der Waals surface area contributed by atoms with Gasteiger partial charge in [-0.05, 0) is 18.3 Å². The molecule has 0 amide bonds. The number of hydrogen-bond donors (Lipinski definition) is 1. The molecule has 3 heterocycles. The maximum atomic E-state index is 10.0. The quantitative estimate of drug-likeness (QED) is 0.687. The molecule has 1 N–H and O–H groups in total. The fraction of sp³-hybridized carbons (Fsp3) is 1.00. The minimum Gasteiger partial charge on any atom is -0.393 e. The summed E-state index contributed by atoms with van der Waals surface area (Å²) in [6.45, 7) is 2.92. The van der Waals surface area contributed by atoms with Gasteiger partial charge in [-0.3, -0.25) is 0 Å². The third kappa shape index (κ3) is 1.30. The Labute approximate surface area is 84.4 Å². The largest absolute Gasteiger partial charge is 0.393 e. The van der Waals surface area contributed by atoms with Crippen LogP contribution in [0, 0.1) is 17.8 Å². The summed E-state index contributed by atoms with van der Waals surface area (Å²) >= 11 is 0. The van der Waals surface area contributed by atoms with Crippen molar-refractivity contribution in [2.75, 3.05) is 6.61 Å². The molecule has 4 aliphatic rings. The number of hydrogen-bond acceptors (Lipinski definition) is 3. The van der Waals surface area contributed by atoms with Gasteiger partial charge in [0.15, 0.2) is 6.29 Å². The van der Waals surface area contributed by atoms with E-state index in [1.807, 2.05) is 0 Å². The Morgan fingerprint density at radius 3 is 2.86 bits per heavy atom. The average Bonchev–Trinajstić information content (AvgIpc) is 2.68. The molecule has 0 aromatic rings. The van der Waals surface area contributed by atoms with E-state index in [2.05, 4.69) is 6.92 Å². The molecule has 0 aromatic heterocycles. The Morgan fingerprint density at radius 2 is 2.21 bits per heavy atom. The fourth-order valence-electron chi connectivity index (χ4n) is 3.01. The second-order valence-electron chi connectivity index (χ2n) is 4.92. The van der Waals surface area contributed by atoms with Crippen molar-refractivity contribution in [3.8, 4) is 0 Å². The van der Waals surface area contributed by atoms with E-state index >= 15 is 0 Å². The van der Waals surface area contributed by atoms with Crippen molar-refractivity contribution in [2.24, 2.45) is 17.8 Å². The number of aliphatic hydroxyl groups excluding tert-OH is 1. The van der Waals surface area contributed by atoms with Gasteiger partial charge in [0, 0.05) is 12.3 Å². The molecule has 0 aromatic carbocycles. The summed E-state index contributed by atoms with van der Waals surface area (Å²) in [5, 5.41) is 10.0. The molecule has 0 radical (unpaired) electrons. The van der Waals surface area contributed by atoms with E-state index in [4.69, 9.17) is 9.47 Å². The third-order valence-corrected chi connectivity index (χ3v) is 4.04. The van der Waals surface area contributed by atoms with E-state index < -0.39 is 0 Å². The highest BCUT2D eigenvalue weighted by Crippen LogP contribution is 2.55. The molecule has 6 atom stereocenters. The number of ether oxygens (including phenoxy) is 2. The Morgan fingerprint density at radius 1 is 1.36 bits per heavy atom. The molecule has 3 heteroatoms. The summed E-state index contributed by atoms with van der Waals surface area (Å²) in [6.07, 6.45) is 3.17. The Balaban J connectivity index is 1.73. The first-order valence-corrected chi connectivity index (χ1v) is 5.74. The monoisotopic (exact) mass is 198 g/mol.